The molecule has 0 saturated carbocycles. The summed E-state index contributed by atoms with van der Waals surface area (Å²) in [5.74, 6) is 0.433. The molecular formula is C25H18ClN3O3. The molecule has 4 aromatic rings. The van der Waals surface area contributed by atoms with Crippen LogP contribution >= 0.6 is 11.6 Å². The minimum atomic E-state index is -0.469. The Balaban J connectivity index is 1.51. The zero-order valence-electron chi connectivity index (χ0n) is 16.9. The number of hydrazone groups is 1. The predicted molar refractivity (Wildman–Crippen MR) is 122 cm³/mol. The molecule has 1 aliphatic heterocycles. The number of hydrogen-bond acceptors (Lipinski definition) is 5. The molecule has 0 fully saturated rings. The summed E-state index contributed by atoms with van der Waals surface area (Å²) >= 11 is 5.96. The lowest BCUT2D eigenvalue weighted by Gasteiger charge is -2.21. The van der Waals surface area contributed by atoms with E-state index in [9.17, 15) is 9.90 Å². The smallest absolute Gasteiger partial charge is 0.310 e. The Labute approximate surface area is 189 Å². The highest BCUT2D eigenvalue weighted by Crippen LogP contribution is 2.38. The molecule has 0 radical (unpaired) electrons. The standard InChI is InChI=1S/C25H18ClN3O3/c26-18-9-7-16(8-10-18)23-11-12-24(32-23)25(31)29-21(19-5-1-2-6-22(19)30)14-20(28-29)17-4-3-13-27-15-17/h1-13,15,21,30H,14H2. The number of carbonyl (C=O) groups is 1. The molecule has 2 aromatic carbocycles. The fraction of sp³-hybridized carbons (Fsp3) is 0.0800. The van der Waals surface area contributed by atoms with Gasteiger partial charge in [0.25, 0.3) is 0 Å². The number of amides is 1. The fourth-order valence-corrected chi connectivity index (χ4v) is 3.88. The molecule has 0 aliphatic carbocycles. The van der Waals surface area contributed by atoms with E-state index >= 15 is 0 Å². The van der Waals surface area contributed by atoms with E-state index in [0.717, 1.165) is 11.1 Å². The van der Waals surface area contributed by atoms with Gasteiger partial charge in [-0.3, -0.25) is 9.78 Å². The summed E-state index contributed by atoms with van der Waals surface area (Å²) in [5.41, 5.74) is 2.97. The van der Waals surface area contributed by atoms with Crippen LogP contribution in [0, 0.1) is 0 Å². The second kappa shape index (κ2) is 8.32. The molecule has 7 heteroatoms. The van der Waals surface area contributed by atoms with E-state index in [2.05, 4.69) is 10.1 Å². The van der Waals surface area contributed by atoms with Gasteiger partial charge in [-0.2, -0.15) is 5.10 Å². The Morgan fingerprint density at radius 2 is 1.81 bits per heavy atom. The third-order valence-corrected chi connectivity index (χ3v) is 5.61. The second-order valence-corrected chi connectivity index (χ2v) is 7.82. The number of nitrogens with zero attached hydrogens (tertiary/aromatic N) is 3. The number of aromatic nitrogens is 1. The Hall–Kier alpha value is -3.90. The van der Waals surface area contributed by atoms with Crippen LogP contribution < -0.4 is 0 Å². The monoisotopic (exact) mass is 443 g/mol. The molecule has 1 aliphatic rings. The molecule has 0 bridgehead atoms. The number of rotatable bonds is 4. The summed E-state index contributed by atoms with van der Waals surface area (Å²) < 4.78 is 5.86. The fourth-order valence-electron chi connectivity index (χ4n) is 3.75. The minimum absolute atomic E-state index is 0.110. The molecular weight excluding hydrogens is 426 g/mol. The van der Waals surface area contributed by atoms with Gasteiger partial charge in [0.05, 0.1) is 11.8 Å². The summed E-state index contributed by atoms with van der Waals surface area (Å²) in [6, 6.07) is 20.8. The first-order chi connectivity index (χ1) is 15.6. The number of benzene rings is 2. The highest BCUT2D eigenvalue weighted by Gasteiger charge is 2.36. The van der Waals surface area contributed by atoms with Crippen molar-refractivity contribution in [1.29, 1.82) is 0 Å². The third-order valence-electron chi connectivity index (χ3n) is 5.35. The number of pyridine rings is 1. The minimum Gasteiger partial charge on any atom is -0.508 e. The van der Waals surface area contributed by atoms with Crippen molar-refractivity contribution in [2.45, 2.75) is 12.5 Å². The first-order valence-corrected chi connectivity index (χ1v) is 10.4. The van der Waals surface area contributed by atoms with E-state index in [1.165, 1.54) is 5.01 Å². The number of aromatic hydroxyl groups is 1. The highest BCUT2D eigenvalue weighted by molar-refractivity contribution is 6.30. The molecule has 32 heavy (non-hydrogen) atoms. The lowest BCUT2D eigenvalue weighted by atomic mass is 9.98. The van der Waals surface area contributed by atoms with Crippen molar-refractivity contribution in [3.63, 3.8) is 0 Å². The Kier molecular flexibility index (Phi) is 5.21. The van der Waals surface area contributed by atoms with Gasteiger partial charge in [0.2, 0.25) is 0 Å². The number of halogens is 1. The molecule has 2 aromatic heterocycles. The molecule has 1 amide bonds. The van der Waals surface area contributed by atoms with Gasteiger partial charge in [0.15, 0.2) is 5.76 Å². The average Bonchev–Trinajstić information content (AvgIpc) is 3.48. The van der Waals surface area contributed by atoms with Gasteiger partial charge in [-0.25, -0.2) is 5.01 Å². The van der Waals surface area contributed by atoms with Crippen molar-refractivity contribution < 1.29 is 14.3 Å². The zero-order chi connectivity index (χ0) is 22.1. The van der Waals surface area contributed by atoms with E-state index in [4.69, 9.17) is 16.0 Å². The average molecular weight is 444 g/mol. The van der Waals surface area contributed by atoms with E-state index < -0.39 is 11.9 Å². The summed E-state index contributed by atoms with van der Waals surface area (Å²) in [6.45, 7) is 0. The van der Waals surface area contributed by atoms with Gasteiger partial charge >= 0.3 is 5.91 Å². The van der Waals surface area contributed by atoms with Crippen LogP contribution in [0.4, 0.5) is 0 Å². The molecule has 0 saturated heterocycles. The van der Waals surface area contributed by atoms with Crippen LogP contribution in [0.1, 0.15) is 34.1 Å². The van der Waals surface area contributed by atoms with Crippen LogP contribution in [0.3, 0.4) is 0 Å². The number of phenolic OH excluding ortho intramolecular Hbond substituents is 1. The Morgan fingerprint density at radius 1 is 1.00 bits per heavy atom. The van der Waals surface area contributed by atoms with Crippen molar-refractivity contribution >= 4 is 23.2 Å². The molecule has 1 unspecified atom stereocenters. The van der Waals surface area contributed by atoms with E-state index in [-0.39, 0.29) is 11.5 Å². The van der Waals surface area contributed by atoms with Crippen molar-refractivity contribution in [3.8, 4) is 17.1 Å². The van der Waals surface area contributed by atoms with Crippen LogP contribution in [0.5, 0.6) is 5.75 Å². The maximum absolute atomic E-state index is 13.4. The van der Waals surface area contributed by atoms with Crippen molar-refractivity contribution in [2.75, 3.05) is 0 Å². The SMILES string of the molecule is O=C(c1ccc(-c2ccc(Cl)cc2)o1)N1N=C(c2cccnc2)CC1c1ccccc1O. The third kappa shape index (κ3) is 3.76. The molecule has 1 atom stereocenters. The zero-order valence-corrected chi connectivity index (χ0v) is 17.6. The molecule has 3 heterocycles. The number of furan rings is 1. The van der Waals surface area contributed by atoms with Gasteiger partial charge in [-0.1, -0.05) is 35.9 Å². The lowest BCUT2D eigenvalue weighted by molar-refractivity contribution is 0.0678. The van der Waals surface area contributed by atoms with Gasteiger partial charge in [-0.15, -0.1) is 0 Å². The topological polar surface area (TPSA) is 78.9 Å². The van der Waals surface area contributed by atoms with Crippen molar-refractivity contribution in [3.05, 3.63) is 107 Å². The first kappa shape index (κ1) is 20.0. The quantitative estimate of drug-likeness (QED) is 0.439. The van der Waals surface area contributed by atoms with Crippen LogP contribution in [-0.2, 0) is 0 Å². The normalized spacial score (nSPS) is 15.6. The highest BCUT2D eigenvalue weighted by atomic mass is 35.5. The molecule has 6 nitrogen and oxygen atoms in total. The van der Waals surface area contributed by atoms with Crippen LogP contribution in [0.25, 0.3) is 11.3 Å². The number of para-hydroxylation sites is 1. The van der Waals surface area contributed by atoms with Gasteiger partial charge in [0, 0.05) is 40.5 Å². The summed E-state index contributed by atoms with van der Waals surface area (Å²) in [4.78, 5) is 17.6. The maximum Gasteiger partial charge on any atom is 0.310 e. The molecule has 5 rings (SSSR count). The molecule has 158 valence electrons. The van der Waals surface area contributed by atoms with Crippen LogP contribution in [0.2, 0.25) is 5.02 Å². The van der Waals surface area contributed by atoms with Gasteiger partial charge < -0.3 is 9.52 Å². The van der Waals surface area contributed by atoms with Crippen molar-refractivity contribution in [2.24, 2.45) is 5.10 Å². The van der Waals surface area contributed by atoms with Gasteiger partial charge in [-0.05, 0) is 48.5 Å². The Morgan fingerprint density at radius 3 is 2.56 bits per heavy atom. The van der Waals surface area contributed by atoms with E-state index in [1.807, 2.05) is 30.3 Å². The summed E-state index contributed by atoms with van der Waals surface area (Å²) in [5, 5.41) is 17.0. The largest absolute Gasteiger partial charge is 0.508 e. The summed E-state index contributed by atoms with van der Waals surface area (Å²) in [6.07, 6.45) is 3.84. The second-order valence-electron chi connectivity index (χ2n) is 7.39. The summed E-state index contributed by atoms with van der Waals surface area (Å²) in [7, 11) is 0. The van der Waals surface area contributed by atoms with Crippen LogP contribution in [0.15, 0.2) is 94.7 Å². The lowest BCUT2D eigenvalue weighted by Crippen LogP contribution is -2.26. The number of hydrogen-bond donors (Lipinski definition) is 1. The van der Waals surface area contributed by atoms with Crippen molar-refractivity contribution in [1.82, 2.24) is 9.99 Å². The van der Waals surface area contributed by atoms with Crippen LogP contribution in [-0.4, -0.2) is 26.7 Å². The number of carbonyl (C=O) groups excluding carboxylic acids is 1. The maximum atomic E-state index is 13.4. The predicted octanol–water partition coefficient (Wildman–Crippen LogP) is 5.69. The number of phenols is 1. The van der Waals surface area contributed by atoms with Gasteiger partial charge in [0.1, 0.15) is 11.5 Å². The molecule has 0 spiro atoms. The molecule has 1 N–H and O–H groups in total. The van der Waals surface area contributed by atoms with E-state index in [1.54, 1.807) is 54.9 Å². The first-order valence-electron chi connectivity index (χ1n) is 10.1. The Bertz CT molecular complexity index is 1300. The van der Waals surface area contributed by atoms with E-state index in [0.29, 0.717) is 28.5 Å².